The van der Waals surface area contributed by atoms with Gasteiger partial charge in [-0.2, -0.15) is 0 Å². The van der Waals surface area contributed by atoms with E-state index in [0.717, 1.165) is 37.6 Å². The molecule has 1 saturated heterocycles. The normalized spacial score (nSPS) is 14.1. The summed E-state index contributed by atoms with van der Waals surface area (Å²) in [6, 6.07) is 9.06. The Morgan fingerprint density at radius 3 is 2.50 bits per heavy atom. The minimum Gasteiger partial charge on any atom is -0.493 e. The molecule has 0 atom stereocenters. The molecule has 1 fully saturated rings. The molecule has 0 unspecified atom stereocenters. The van der Waals surface area contributed by atoms with Crippen molar-refractivity contribution in [3.63, 3.8) is 0 Å². The van der Waals surface area contributed by atoms with Crippen molar-refractivity contribution in [2.45, 2.75) is 13.6 Å². The maximum absolute atomic E-state index is 11.8. The fraction of sp³-hybridized carbons (Fsp3) is 0.391. The van der Waals surface area contributed by atoms with E-state index in [1.165, 1.54) is 0 Å². The van der Waals surface area contributed by atoms with E-state index < -0.39 is 0 Å². The van der Waals surface area contributed by atoms with E-state index in [-0.39, 0.29) is 5.97 Å². The standard InChI is InChI=1S/C23H27N5O5S/c1-4-32-22(29)17-6-8-20(24-14-17)27-11-9-26(10-12-27)15-28-23(34)33-21(25-28)16-5-7-18(30-2)19(13-16)31-3/h5-8,13-14H,4,9-12,15H2,1-3H3. The van der Waals surface area contributed by atoms with E-state index >= 15 is 0 Å². The second kappa shape index (κ2) is 10.7. The number of methoxy groups -OCH3 is 2. The Bertz CT molecular complexity index is 1190. The van der Waals surface area contributed by atoms with E-state index in [9.17, 15) is 4.79 Å². The Morgan fingerprint density at radius 1 is 1.09 bits per heavy atom. The molecule has 10 nitrogen and oxygen atoms in total. The van der Waals surface area contributed by atoms with Crippen molar-refractivity contribution in [3.05, 3.63) is 46.9 Å². The molecule has 0 spiro atoms. The number of carbonyl (C=O) groups excluding carboxylic acids is 1. The van der Waals surface area contributed by atoms with Gasteiger partial charge in [-0.15, -0.1) is 5.10 Å². The van der Waals surface area contributed by atoms with Crippen LogP contribution in [0.4, 0.5) is 5.82 Å². The van der Waals surface area contributed by atoms with Crippen LogP contribution in [-0.2, 0) is 11.4 Å². The highest BCUT2D eigenvalue weighted by Crippen LogP contribution is 2.31. The number of anilines is 1. The van der Waals surface area contributed by atoms with Crippen LogP contribution in [0.15, 0.2) is 40.9 Å². The topological polar surface area (TPSA) is 95.1 Å². The summed E-state index contributed by atoms with van der Waals surface area (Å²) in [5.41, 5.74) is 1.21. The van der Waals surface area contributed by atoms with Crippen LogP contribution < -0.4 is 14.4 Å². The number of aromatic nitrogens is 3. The number of hydrogen-bond acceptors (Lipinski definition) is 10. The summed E-state index contributed by atoms with van der Waals surface area (Å²) >= 11 is 5.40. The van der Waals surface area contributed by atoms with Crippen molar-refractivity contribution in [1.82, 2.24) is 19.7 Å². The van der Waals surface area contributed by atoms with Crippen LogP contribution in [0.2, 0.25) is 0 Å². The third kappa shape index (κ3) is 5.20. The van der Waals surface area contributed by atoms with Gasteiger partial charge in [0.15, 0.2) is 11.5 Å². The Morgan fingerprint density at radius 2 is 1.85 bits per heavy atom. The minimum absolute atomic E-state index is 0.309. The number of ether oxygens (including phenoxy) is 3. The number of piperazine rings is 1. The van der Waals surface area contributed by atoms with Crippen LogP contribution in [-0.4, -0.2) is 72.6 Å². The van der Waals surface area contributed by atoms with E-state index in [1.54, 1.807) is 44.2 Å². The largest absolute Gasteiger partial charge is 0.493 e. The molecular weight excluding hydrogens is 458 g/mol. The van der Waals surface area contributed by atoms with Gasteiger partial charge in [-0.25, -0.2) is 14.5 Å². The summed E-state index contributed by atoms with van der Waals surface area (Å²) in [5.74, 6) is 2.13. The second-order valence-electron chi connectivity index (χ2n) is 7.61. The first kappa shape index (κ1) is 23.7. The number of carbonyl (C=O) groups is 1. The SMILES string of the molecule is CCOC(=O)c1ccc(N2CCN(Cn3nc(-c4ccc(OC)c(OC)c4)oc3=S)CC2)nc1. The molecule has 0 aliphatic carbocycles. The lowest BCUT2D eigenvalue weighted by atomic mass is 10.2. The highest BCUT2D eigenvalue weighted by Gasteiger charge is 2.20. The van der Waals surface area contributed by atoms with Gasteiger partial charge in [-0.1, -0.05) is 0 Å². The summed E-state index contributed by atoms with van der Waals surface area (Å²) in [7, 11) is 3.17. The van der Waals surface area contributed by atoms with Gasteiger partial charge in [0, 0.05) is 37.9 Å². The van der Waals surface area contributed by atoms with Crippen molar-refractivity contribution in [2.24, 2.45) is 0 Å². The molecule has 1 aromatic carbocycles. The van der Waals surface area contributed by atoms with E-state index in [0.29, 0.717) is 41.1 Å². The number of pyridine rings is 1. The van der Waals surface area contributed by atoms with Gasteiger partial charge in [0.25, 0.3) is 4.84 Å². The van der Waals surface area contributed by atoms with Crippen LogP contribution in [0, 0.1) is 4.84 Å². The van der Waals surface area contributed by atoms with Gasteiger partial charge in [0.1, 0.15) is 5.82 Å². The molecule has 0 radical (unpaired) electrons. The fourth-order valence-corrected chi connectivity index (χ4v) is 3.88. The zero-order valence-corrected chi connectivity index (χ0v) is 20.2. The van der Waals surface area contributed by atoms with Gasteiger partial charge in [0.2, 0.25) is 5.89 Å². The van der Waals surface area contributed by atoms with Crippen molar-refractivity contribution in [3.8, 4) is 23.0 Å². The molecule has 0 saturated carbocycles. The predicted molar refractivity (Wildman–Crippen MR) is 128 cm³/mol. The third-order valence-corrected chi connectivity index (χ3v) is 5.82. The van der Waals surface area contributed by atoms with Crippen LogP contribution in [0.5, 0.6) is 11.5 Å². The van der Waals surface area contributed by atoms with Gasteiger partial charge in [-0.3, -0.25) is 4.90 Å². The van der Waals surface area contributed by atoms with Gasteiger partial charge < -0.3 is 23.5 Å². The van der Waals surface area contributed by atoms with Crippen LogP contribution in [0.25, 0.3) is 11.5 Å². The van der Waals surface area contributed by atoms with E-state index in [1.807, 2.05) is 18.2 Å². The molecule has 1 aliphatic heterocycles. The molecule has 2 aromatic heterocycles. The van der Waals surface area contributed by atoms with E-state index in [4.69, 9.17) is 30.8 Å². The molecular formula is C23H27N5O5S. The highest BCUT2D eigenvalue weighted by molar-refractivity contribution is 7.71. The molecule has 34 heavy (non-hydrogen) atoms. The molecule has 1 aliphatic rings. The van der Waals surface area contributed by atoms with E-state index in [2.05, 4.69) is 19.9 Å². The summed E-state index contributed by atoms with van der Waals surface area (Å²) in [6.07, 6.45) is 1.56. The lowest BCUT2D eigenvalue weighted by molar-refractivity contribution is 0.0526. The molecule has 4 rings (SSSR count). The third-order valence-electron chi connectivity index (χ3n) is 5.53. The summed E-state index contributed by atoms with van der Waals surface area (Å²) < 4.78 is 23.1. The Balaban J connectivity index is 1.37. The monoisotopic (exact) mass is 485 g/mol. The maximum atomic E-state index is 11.8. The average Bonchev–Trinajstić information content (AvgIpc) is 3.24. The van der Waals surface area contributed by atoms with Crippen molar-refractivity contribution < 1.29 is 23.4 Å². The Labute approximate surface area is 202 Å². The number of benzene rings is 1. The van der Waals surface area contributed by atoms with Crippen LogP contribution in [0.1, 0.15) is 17.3 Å². The van der Waals surface area contributed by atoms with Crippen LogP contribution >= 0.6 is 12.2 Å². The minimum atomic E-state index is -0.358. The fourth-order valence-electron chi connectivity index (χ4n) is 3.70. The Hall–Kier alpha value is -3.44. The van der Waals surface area contributed by atoms with Crippen LogP contribution in [0.3, 0.4) is 0 Å². The average molecular weight is 486 g/mol. The molecule has 0 N–H and O–H groups in total. The predicted octanol–water partition coefficient (Wildman–Crippen LogP) is 3.24. The van der Waals surface area contributed by atoms with Gasteiger partial charge >= 0.3 is 5.97 Å². The summed E-state index contributed by atoms with van der Waals surface area (Å²) in [4.78, 5) is 21.0. The highest BCUT2D eigenvalue weighted by atomic mass is 32.1. The number of nitrogens with zero attached hydrogens (tertiary/aromatic N) is 5. The maximum Gasteiger partial charge on any atom is 0.339 e. The quantitative estimate of drug-likeness (QED) is 0.349. The first-order valence-corrected chi connectivity index (χ1v) is 11.3. The first-order chi connectivity index (χ1) is 16.5. The zero-order chi connectivity index (χ0) is 24.1. The summed E-state index contributed by atoms with van der Waals surface area (Å²) in [6.45, 7) is 5.84. The summed E-state index contributed by atoms with van der Waals surface area (Å²) in [5, 5.41) is 4.56. The van der Waals surface area contributed by atoms with Gasteiger partial charge in [0.05, 0.1) is 33.1 Å². The molecule has 0 amide bonds. The van der Waals surface area contributed by atoms with Crippen molar-refractivity contribution >= 4 is 24.0 Å². The second-order valence-corrected chi connectivity index (χ2v) is 7.96. The zero-order valence-electron chi connectivity index (χ0n) is 19.4. The number of esters is 1. The Kier molecular flexibility index (Phi) is 7.43. The van der Waals surface area contributed by atoms with Crippen molar-refractivity contribution in [2.75, 3.05) is 51.9 Å². The molecule has 3 heterocycles. The number of rotatable bonds is 8. The van der Waals surface area contributed by atoms with Crippen molar-refractivity contribution in [1.29, 1.82) is 0 Å². The molecule has 11 heteroatoms. The van der Waals surface area contributed by atoms with Gasteiger partial charge in [-0.05, 0) is 49.5 Å². The lowest BCUT2D eigenvalue weighted by Crippen LogP contribution is -2.47. The lowest BCUT2D eigenvalue weighted by Gasteiger charge is -2.35. The molecule has 180 valence electrons. The molecule has 0 bridgehead atoms. The number of hydrogen-bond donors (Lipinski definition) is 0. The molecule has 3 aromatic rings. The first-order valence-electron chi connectivity index (χ1n) is 10.9. The smallest absolute Gasteiger partial charge is 0.339 e.